The van der Waals surface area contributed by atoms with Gasteiger partial charge in [-0.15, -0.1) is 0 Å². The van der Waals surface area contributed by atoms with Gasteiger partial charge < -0.3 is 4.90 Å². The molecule has 1 aromatic carbocycles. The van der Waals surface area contributed by atoms with Crippen molar-refractivity contribution in [3.05, 3.63) is 29.8 Å². The van der Waals surface area contributed by atoms with Crippen LogP contribution >= 0.6 is 0 Å². The summed E-state index contributed by atoms with van der Waals surface area (Å²) in [6.07, 6.45) is 5.72. The fraction of sp³-hybridized carbons (Fsp3) is 0.600. The highest BCUT2D eigenvalue weighted by molar-refractivity contribution is 6.17. The number of rotatable bonds is 2. The number of likely N-dealkylation sites (tertiary alicyclic amines) is 2. The molecule has 25 heavy (non-hydrogen) atoms. The van der Waals surface area contributed by atoms with E-state index in [0.717, 1.165) is 31.6 Å². The lowest BCUT2D eigenvalue weighted by atomic mass is 9.99. The van der Waals surface area contributed by atoms with E-state index < -0.39 is 6.17 Å². The number of amides is 1. The van der Waals surface area contributed by atoms with Gasteiger partial charge in [-0.05, 0) is 50.9 Å². The number of carbonyl (C=O) groups is 2. The van der Waals surface area contributed by atoms with Crippen molar-refractivity contribution in [1.82, 2.24) is 9.80 Å². The molecule has 1 aromatic rings. The Bertz CT molecular complexity index is 661. The van der Waals surface area contributed by atoms with Crippen LogP contribution in [0.4, 0.5) is 5.69 Å². The average molecular weight is 341 g/mol. The summed E-state index contributed by atoms with van der Waals surface area (Å²) in [5, 5.41) is 0. The molecule has 2 saturated heterocycles. The summed E-state index contributed by atoms with van der Waals surface area (Å²) < 4.78 is 0. The van der Waals surface area contributed by atoms with Gasteiger partial charge in [0.1, 0.15) is 0 Å². The number of anilines is 1. The van der Waals surface area contributed by atoms with Crippen molar-refractivity contribution in [3.63, 3.8) is 0 Å². The molecule has 0 aliphatic carbocycles. The monoisotopic (exact) mass is 341 g/mol. The number of benzene rings is 1. The third-order valence-corrected chi connectivity index (χ3v) is 6.00. The smallest absolute Gasteiger partial charge is 0.225 e. The quantitative estimate of drug-likeness (QED) is 0.829. The van der Waals surface area contributed by atoms with Crippen LogP contribution in [0.1, 0.15) is 49.4 Å². The number of carbonyl (C=O) groups excluding carboxylic acids is 2. The first-order chi connectivity index (χ1) is 12.2. The fourth-order valence-corrected chi connectivity index (χ4v) is 4.73. The van der Waals surface area contributed by atoms with E-state index in [4.69, 9.17) is 0 Å². The van der Waals surface area contributed by atoms with Gasteiger partial charge in [0.05, 0.1) is 5.69 Å². The molecular formula is C20H27N3O2. The van der Waals surface area contributed by atoms with Crippen molar-refractivity contribution in [3.8, 4) is 0 Å². The fourth-order valence-electron chi connectivity index (χ4n) is 4.73. The molecule has 1 atom stereocenters. The predicted molar refractivity (Wildman–Crippen MR) is 97.7 cm³/mol. The van der Waals surface area contributed by atoms with Crippen LogP contribution in [0.25, 0.3) is 0 Å². The van der Waals surface area contributed by atoms with E-state index in [0.29, 0.717) is 11.6 Å². The third-order valence-electron chi connectivity index (χ3n) is 6.00. The molecule has 0 spiro atoms. The van der Waals surface area contributed by atoms with Gasteiger partial charge in [0, 0.05) is 31.6 Å². The molecule has 0 saturated carbocycles. The normalized spacial score (nSPS) is 26.0. The predicted octanol–water partition coefficient (Wildman–Crippen LogP) is 2.51. The Balaban J connectivity index is 1.49. The average Bonchev–Trinajstić information content (AvgIpc) is 2.96. The maximum absolute atomic E-state index is 12.9. The molecule has 5 heteroatoms. The second-order valence-electron chi connectivity index (χ2n) is 7.51. The molecule has 3 aliphatic rings. The zero-order chi connectivity index (χ0) is 17.4. The van der Waals surface area contributed by atoms with E-state index in [1.807, 2.05) is 24.3 Å². The van der Waals surface area contributed by atoms with Crippen LogP contribution in [0.2, 0.25) is 0 Å². The van der Waals surface area contributed by atoms with Gasteiger partial charge in [-0.25, -0.2) is 0 Å². The Labute approximate surface area is 149 Å². The van der Waals surface area contributed by atoms with Crippen molar-refractivity contribution in [2.24, 2.45) is 0 Å². The molecule has 2 fully saturated rings. The van der Waals surface area contributed by atoms with Crippen LogP contribution in [0.15, 0.2) is 24.3 Å². The highest BCUT2D eigenvalue weighted by Crippen LogP contribution is 2.35. The summed E-state index contributed by atoms with van der Waals surface area (Å²) in [4.78, 5) is 31.7. The Morgan fingerprint density at radius 2 is 1.64 bits per heavy atom. The molecule has 0 aromatic heterocycles. The second kappa shape index (κ2) is 6.89. The van der Waals surface area contributed by atoms with Crippen LogP contribution in [0.3, 0.4) is 0 Å². The molecule has 0 unspecified atom stereocenters. The second-order valence-corrected chi connectivity index (χ2v) is 7.51. The van der Waals surface area contributed by atoms with Crippen molar-refractivity contribution in [2.75, 3.05) is 31.1 Å². The lowest BCUT2D eigenvalue weighted by Crippen LogP contribution is -2.56. The Morgan fingerprint density at radius 1 is 0.960 bits per heavy atom. The summed E-state index contributed by atoms with van der Waals surface area (Å²) in [5.41, 5.74) is 1.45. The minimum Gasteiger partial charge on any atom is -0.300 e. The molecule has 3 heterocycles. The number of fused-ring (bicyclic) bond motifs is 1. The largest absolute Gasteiger partial charge is 0.300 e. The molecule has 134 valence electrons. The summed E-state index contributed by atoms with van der Waals surface area (Å²) in [6, 6.07) is 8.14. The minimum atomic E-state index is -0.447. The van der Waals surface area contributed by atoms with Gasteiger partial charge in [-0.3, -0.25) is 19.4 Å². The maximum Gasteiger partial charge on any atom is 0.225 e. The first-order valence-corrected chi connectivity index (χ1v) is 9.58. The molecule has 3 aliphatic heterocycles. The Kier molecular flexibility index (Phi) is 4.61. The van der Waals surface area contributed by atoms with Gasteiger partial charge in [-0.1, -0.05) is 18.6 Å². The van der Waals surface area contributed by atoms with Gasteiger partial charge in [-0.2, -0.15) is 0 Å². The van der Waals surface area contributed by atoms with Crippen molar-refractivity contribution < 1.29 is 9.59 Å². The van der Waals surface area contributed by atoms with E-state index in [9.17, 15) is 9.59 Å². The summed E-state index contributed by atoms with van der Waals surface area (Å²) in [5.74, 6) is 0.0173. The number of hydrogen-bond acceptors (Lipinski definition) is 4. The third kappa shape index (κ3) is 3.00. The summed E-state index contributed by atoms with van der Waals surface area (Å²) >= 11 is 0. The van der Waals surface area contributed by atoms with Crippen LogP contribution < -0.4 is 4.90 Å². The number of hydrogen-bond donors (Lipinski definition) is 0. The number of nitrogens with zero attached hydrogens (tertiary/aromatic N) is 3. The highest BCUT2D eigenvalue weighted by atomic mass is 16.2. The lowest BCUT2D eigenvalue weighted by Gasteiger charge is -2.43. The number of piperidine rings is 2. The van der Waals surface area contributed by atoms with E-state index >= 15 is 0 Å². The number of Topliss-reactive ketones (excluding diaryl/α,β-unsaturated/α-hetero) is 1. The van der Waals surface area contributed by atoms with E-state index in [2.05, 4.69) is 9.80 Å². The molecule has 1 amide bonds. The summed E-state index contributed by atoms with van der Waals surface area (Å²) in [7, 11) is 0. The summed E-state index contributed by atoms with van der Waals surface area (Å²) in [6.45, 7) is 5.77. The van der Waals surface area contributed by atoms with E-state index in [-0.39, 0.29) is 11.7 Å². The molecule has 0 bridgehead atoms. The zero-order valence-corrected chi connectivity index (χ0v) is 15.0. The standard InChI is InChI=1S/C20H27N3O2/c1-15(24)23-18-8-4-3-7-17(18)19(25)20(23)22-13-9-16(10-14-22)21-11-5-2-6-12-21/h3-4,7-8,16,20H,2,5-6,9-14H2,1H3/t20-/m0/s1. The number of para-hydroxylation sites is 1. The molecule has 0 N–H and O–H groups in total. The molecule has 0 radical (unpaired) electrons. The Morgan fingerprint density at radius 3 is 2.32 bits per heavy atom. The van der Waals surface area contributed by atoms with Gasteiger partial charge >= 0.3 is 0 Å². The SMILES string of the molecule is CC(=O)N1c2ccccc2C(=O)[C@H]1N1CCC(N2CCCCC2)CC1. The van der Waals surface area contributed by atoms with Crippen LogP contribution in [0.5, 0.6) is 0 Å². The minimum absolute atomic E-state index is 0.0542. The topological polar surface area (TPSA) is 43.9 Å². The van der Waals surface area contributed by atoms with Gasteiger partial charge in [0.25, 0.3) is 0 Å². The first-order valence-electron chi connectivity index (χ1n) is 9.58. The van der Waals surface area contributed by atoms with Crippen molar-refractivity contribution >= 4 is 17.4 Å². The Hall–Kier alpha value is -1.72. The van der Waals surface area contributed by atoms with Gasteiger partial charge in [0.2, 0.25) is 11.7 Å². The van der Waals surface area contributed by atoms with Gasteiger partial charge in [0.15, 0.2) is 6.17 Å². The number of ketones is 1. The molecule has 5 nitrogen and oxygen atoms in total. The molecular weight excluding hydrogens is 314 g/mol. The van der Waals surface area contributed by atoms with E-state index in [1.165, 1.54) is 32.4 Å². The van der Waals surface area contributed by atoms with Crippen molar-refractivity contribution in [1.29, 1.82) is 0 Å². The van der Waals surface area contributed by atoms with Crippen LogP contribution in [0, 0.1) is 0 Å². The first kappa shape index (κ1) is 16.7. The molecule has 4 rings (SSSR count). The zero-order valence-electron chi connectivity index (χ0n) is 15.0. The van der Waals surface area contributed by atoms with Crippen LogP contribution in [-0.4, -0.2) is 59.9 Å². The van der Waals surface area contributed by atoms with Crippen LogP contribution in [-0.2, 0) is 4.79 Å². The maximum atomic E-state index is 12.9. The lowest BCUT2D eigenvalue weighted by molar-refractivity contribution is -0.117. The van der Waals surface area contributed by atoms with E-state index in [1.54, 1.807) is 11.8 Å². The van der Waals surface area contributed by atoms with Crippen molar-refractivity contribution in [2.45, 2.75) is 51.2 Å². The highest BCUT2D eigenvalue weighted by Gasteiger charge is 2.44.